The molecule has 0 fully saturated rings. The molecule has 1 aliphatic carbocycles. The number of nitrogens with two attached hydrogens (primary N) is 1. The second-order valence-electron chi connectivity index (χ2n) is 6.86. The Morgan fingerprint density at radius 3 is 2.70 bits per heavy atom. The zero-order valence-electron chi connectivity index (χ0n) is 16.2. The van der Waals surface area contributed by atoms with Crippen LogP contribution in [0.4, 0.5) is 28.0 Å². The van der Waals surface area contributed by atoms with Gasteiger partial charge in [-0.2, -0.15) is 18.3 Å². The zero-order valence-corrected chi connectivity index (χ0v) is 17.0. The van der Waals surface area contributed by atoms with E-state index in [1.807, 2.05) is 0 Å². The lowest BCUT2D eigenvalue weighted by molar-refractivity contribution is -0.127. The summed E-state index contributed by atoms with van der Waals surface area (Å²) in [7, 11) is -4.01. The standard InChI is InChI=1S/C17H20F4N6O2S/c1-3-27-8-11(18)15(25-27)30(22,29)26-16(28)24-14-9(2)13(7-17(19,20)21)23-12-6-4-5-10(12)14/h8H,3-7H2,1-2H3,(H3,22,23,24,26,28,29). The molecule has 0 saturated heterocycles. The minimum Gasteiger partial charge on any atom is -0.305 e. The molecule has 0 spiro atoms. The number of urea groups is 1. The van der Waals surface area contributed by atoms with E-state index in [0.717, 1.165) is 10.9 Å². The second kappa shape index (κ2) is 7.95. The minimum absolute atomic E-state index is 0.139. The van der Waals surface area contributed by atoms with Crippen molar-refractivity contribution in [1.82, 2.24) is 14.8 Å². The van der Waals surface area contributed by atoms with E-state index >= 15 is 0 Å². The first kappa shape index (κ1) is 22.2. The molecular formula is C17H20F4N6O2S. The molecule has 2 amide bonds. The van der Waals surface area contributed by atoms with Crippen molar-refractivity contribution < 1.29 is 26.6 Å². The maximum Gasteiger partial charge on any atom is 0.394 e. The first-order chi connectivity index (χ1) is 13.9. The minimum atomic E-state index is -4.47. The second-order valence-corrected chi connectivity index (χ2v) is 8.56. The molecule has 1 aliphatic rings. The molecule has 30 heavy (non-hydrogen) atoms. The summed E-state index contributed by atoms with van der Waals surface area (Å²) in [6, 6.07) is -1.17. The summed E-state index contributed by atoms with van der Waals surface area (Å²) in [6.45, 7) is 3.36. The molecule has 0 aromatic carbocycles. The molecule has 0 bridgehead atoms. The Morgan fingerprint density at radius 2 is 2.10 bits per heavy atom. The summed E-state index contributed by atoms with van der Waals surface area (Å²) in [5.41, 5.74) is 1.14. The van der Waals surface area contributed by atoms with Gasteiger partial charge in [-0.3, -0.25) is 9.67 Å². The van der Waals surface area contributed by atoms with E-state index in [-0.39, 0.29) is 23.5 Å². The Bertz CT molecular complexity index is 1120. The van der Waals surface area contributed by atoms with Gasteiger partial charge in [0.15, 0.2) is 15.7 Å². The maximum atomic E-state index is 14.0. The number of halogens is 4. The number of nitrogens with zero attached hydrogens (tertiary/aromatic N) is 4. The van der Waals surface area contributed by atoms with Gasteiger partial charge >= 0.3 is 12.2 Å². The van der Waals surface area contributed by atoms with Crippen LogP contribution in [0, 0.1) is 12.7 Å². The fourth-order valence-corrected chi connectivity index (χ4v) is 4.24. The molecule has 0 aliphatic heterocycles. The third-order valence-electron chi connectivity index (χ3n) is 4.67. The van der Waals surface area contributed by atoms with Crippen LogP contribution in [0.1, 0.15) is 35.9 Å². The number of amides is 2. The van der Waals surface area contributed by atoms with Gasteiger partial charge < -0.3 is 5.32 Å². The lowest BCUT2D eigenvalue weighted by Crippen LogP contribution is -2.21. The quantitative estimate of drug-likeness (QED) is 0.699. The van der Waals surface area contributed by atoms with Gasteiger partial charge in [-0.05, 0) is 44.2 Å². The number of nitrogens with one attached hydrogen (secondary N) is 1. The molecule has 2 heterocycles. The van der Waals surface area contributed by atoms with Gasteiger partial charge in [0.05, 0.1) is 24.0 Å². The van der Waals surface area contributed by atoms with Crippen LogP contribution >= 0.6 is 0 Å². The van der Waals surface area contributed by atoms with E-state index in [1.54, 1.807) is 6.92 Å². The summed E-state index contributed by atoms with van der Waals surface area (Å²) in [6.07, 6.45) is -3.09. The number of pyridine rings is 1. The number of alkyl halides is 3. The summed E-state index contributed by atoms with van der Waals surface area (Å²) in [5, 5.41) is 11.0. The first-order valence-electron chi connectivity index (χ1n) is 9.08. The van der Waals surface area contributed by atoms with Crippen LogP contribution in [0.25, 0.3) is 0 Å². The van der Waals surface area contributed by atoms with Crippen LogP contribution < -0.4 is 10.5 Å². The zero-order chi connectivity index (χ0) is 22.3. The number of carbonyl (C=O) groups is 1. The number of rotatable bonds is 4. The lowest BCUT2D eigenvalue weighted by Gasteiger charge is -2.17. The monoisotopic (exact) mass is 448 g/mol. The van der Waals surface area contributed by atoms with Gasteiger partial charge in [-0.1, -0.05) is 0 Å². The molecule has 0 radical (unpaired) electrons. The number of aromatic nitrogens is 3. The van der Waals surface area contributed by atoms with E-state index in [2.05, 4.69) is 19.8 Å². The largest absolute Gasteiger partial charge is 0.394 e. The molecule has 164 valence electrons. The predicted octanol–water partition coefficient (Wildman–Crippen LogP) is 3.27. The van der Waals surface area contributed by atoms with Crippen molar-refractivity contribution in [3.05, 3.63) is 34.5 Å². The van der Waals surface area contributed by atoms with Gasteiger partial charge in [-0.25, -0.2) is 18.5 Å². The summed E-state index contributed by atoms with van der Waals surface area (Å²) in [4.78, 5) is 16.5. The summed E-state index contributed by atoms with van der Waals surface area (Å²) in [5.74, 6) is -0.977. The van der Waals surface area contributed by atoms with E-state index in [4.69, 9.17) is 5.14 Å². The van der Waals surface area contributed by atoms with E-state index in [1.165, 1.54) is 6.92 Å². The molecule has 0 saturated carbocycles. The van der Waals surface area contributed by atoms with Crippen molar-refractivity contribution in [1.29, 1.82) is 0 Å². The fraction of sp³-hybridized carbons (Fsp3) is 0.471. The van der Waals surface area contributed by atoms with Gasteiger partial charge in [0.25, 0.3) is 0 Å². The highest BCUT2D eigenvalue weighted by molar-refractivity contribution is 7.91. The van der Waals surface area contributed by atoms with Crippen molar-refractivity contribution in [2.45, 2.75) is 57.3 Å². The number of hydrogen-bond donors (Lipinski definition) is 2. The number of anilines is 1. The average Bonchev–Trinajstić information content (AvgIpc) is 3.23. The van der Waals surface area contributed by atoms with Crippen molar-refractivity contribution >= 4 is 21.6 Å². The number of hydrogen-bond acceptors (Lipinski definition) is 4. The Balaban J connectivity index is 1.97. The van der Waals surface area contributed by atoms with E-state index in [9.17, 15) is 26.6 Å². The van der Waals surface area contributed by atoms with E-state index < -0.39 is 39.4 Å². The van der Waals surface area contributed by atoms with Gasteiger partial charge in [0.1, 0.15) is 0 Å². The normalized spacial score (nSPS) is 15.6. The molecule has 2 aromatic heterocycles. The topological polar surface area (TPSA) is 115 Å². The van der Waals surface area contributed by atoms with Crippen molar-refractivity contribution in [2.24, 2.45) is 9.50 Å². The molecule has 1 atom stereocenters. The highest BCUT2D eigenvalue weighted by Crippen LogP contribution is 2.34. The Hall–Kier alpha value is -2.54. The average molecular weight is 448 g/mol. The lowest BCUT2D eigenvalue weighted by atomic mass is 10.0. The molecule has 1 unspecified atom stereocenters. The SMILES string of the molecule is CCn1cc(F)c(S(N)(=O)=NC(=O)Nc2c(C)c(CC(F)(F)F)nc3c2CCC3)n1. The number of fused-ring (bicyclic) bond motifs is 1. The first-order valence-corrected chi connectivity index (χ1v) is 10.7. The Kier molecular flexibility index (Phi) is 5.87. The van der Waals surface area contributed by atoms with Crippen LogP contribution in [0.5, 0.6) is 0 Å². The van der Waals surface area contributed by atoms with Crippen molar-refractivity contribution in [3.8, 4) is 0 Å². The van der Waals surface area contributed by atoms with Crippen molar-refractivity contribution in [2.75, 3.05) is 5.32 Å². The number of carbonyl (C=O) groups excluding carboxylic acids is 1. The van der Waals surface area contributed by atoms with Gasteiger partial charge in [-0.15, -0.1) is 4.36 Å². The molecular weight excluding hydrogens is 428 g/mol. The third kappa shape index (κ3) is 4.61. The Morgan fingerprint density at radius 1 is 1.40 bits per heavy atom. The molecule has 3 rings (SSSR count). The van der Waals surface area contributed by atoms with Crippen LogP contribution in [-0.4, -0.2) is 31.2 Å². The molecule has 8 nitrogen and oxygen atoms in total. The van der Waals surface area contributed by atoms with Crippen LogP contribution in [0.15, 0.2) is 15.6 Å². The smallest absolute Gasteiger partial charge is 0.305 e. The summed E-state index contributed by atoms with van der Waals surface area (Å²) >= 11 is 0. The summed E-state index contributed by atoms with van der Waals surface area (Å²) < 4.78 is 69.8. The third-order valence-corrected chi connectivity index (χ3v) is 5.94. The van der Waals surface area contributed by atoms with Gasteiger partial charge in [0, 0.05) is 12.2 Å². The fourth-order valence-electron chi connectivity index (χ4n) is 3.30. The maximum absolute atomic E-state index is 14.0. The highest BCUT2D eigenvalue weighted by Gasteiger charge is 2.32. The molecule has 2 aromatic rings. The number of aryl methyl sites for hydroxylation is 2. The van der Waals surface area contributed by atoms with Crippen LogP contribution in [0.2, 0.25) is 0 Å². The van der Waals surface area contributed by atoms with E-state index in [0.29, 0.717) is 30.5 Å². The van der Waals surface area contributed by atoms with Crippen LogP contribution in [-0.2, 0) is 35.7 Å². The Labute approximate surface area is 170 Å². The predicted molar refractivity (Wildman–Crippen MR) is 101 cm³/mol. The molecule has 13 heteroatoms. The molecule has 3 N–H and O–H groups in total. The highest BCUT2D eigenvalue weighted by atomic mass is 32.2. The van der Waals surface area contributed by atoms with Crippen LogP contribution in [0.3, 0.4) is 0 Å². The van der Waals surface area contributed by atoms with Gasteiger partial charge in [0.2, 0.25) is 5.03 Å². The van der Waals surface area contributed by atoms with Crippen molar-refractivity contribution in [3.63, 3.8) is 0 Å².